The number of sulfonamides is 1. The van der Waals surface area contributed by atoms with Crippen LogP contribution in [0.3, 0.4) is 0 Å². The molecule has 0 saturated heterocycles. The van der Waals surface area contributed by atoms with Crippen molar-refractivity contribution < 1.29 is 22.3 Å². The first kappa shape index (κ1) is 22.1. The lowest BCUT2D eigenvalue weighted by Crippen LogP contribution is -2.35. The molecule has 3 aromatic carbocycles. The molecule has 0 fully saturated rings. The number of ether oxygens (including phenoxy) is 1. The van der Waals surface area contributed by atoms with Crippen LogP contribution in [0.15, 0.2) is 65.6 Å². The molecule has 0 unspecified atom stereocenters. The Morgan fingerprint density at radius 3 is 2.53 bits per heavy atom. The smallest absolute Gasteiger partial charge is 0.264 e. The van der Waals surface area contributed by atoms with E-state index in [0.29, 0.717) is 36.5 Å². The number of anilines is 2. The van der Waals surface area contributed by atoms with E-state index in [4.69, 9.17) is 16.3 Å². The van der Waals surface area contributed by atoms with Gasteiger partial charge in [-0.1, -0.05) is 11.6 Å². The van der Waals surface area contributed by atoms with Gasteiger partial charge in [-0.2, -0.15) is 0 Å². The Bertz CT molecular complexity index is 1280. The zero-order chi connectivity index (χ0) is 22.9. The first-order chi connectivity index (χ1) is 15.3. The summed E-state index contributed by atoms with van der Waals surface area (Å²) in [6, 6.07) is 14.9. The van der Waals surface area contributed by atoms with E-state index in [2.05, 4.69) is 5.32 Å². The summed E-state index contributed by atoms with van der Waals surface area (Å²) in [6.07, 6.45) is 1.31. The summed E-state index contributed by atoms with van der Waals surface area (Å²) < 4.78 is 46.2. The second-order valence-corrected chi connectivity index (χ2v) is 9.55. The number of aryl methyl sites for hydroxylation is 1. The number of methoxy groups -OCH3 is 1. The van der Waals surface area contributed by atoms with Gasteiger partial charge in [0.25, 0.3) is 15.9 Å². The highest BCUT2D eigenvalue weighted by Gasteiger charge is 2.29. The largest absolute Gasteiger partial charge is 0.497 e. The summed E-state index contributed by atoms with van der Waals surface area (Å²) in [5.41, 5.74) is 2.02. The molecule has 4 rings (SSSR count). The lowest BCUT2D eigenvalue weighted by molar-refractivity contribution is 0.102. The van der Waals surface area contributed by atoms with Gasteiger partial charge in [0.15, 0.2) is 0 Å². The molecule has 0 saturated carbocycles. The van der Waals surface area contributed by atoms with Crippen molar-refractivity contribution in [3.05, 3.63) is 82.6 Å². The van der Waals surface area contributed by atoms with Crippen molar-refractivity contribution in [2.75, 3.05) is 23.3 Å². The molecular weight excluding hydrogens is 455 g/mol. The maximum Gasteiger partial charge on any atom is 0.264 e. The van der Waals surface area contributed by atoms with Gasteiger partial charge in [0.2, 0.25) is 0 Å². The Hall–Kier alpha value is -3.10. The molecule has 0 aliphatic carbocycles. The summed E-state index contributed by atoms with van der Waals surface area (Å²) in [5.74, 6) is -0.434. The molecule has 0 radical (unpaired) electrons. The fourth-order valence-corrected chi connectivity index (χ4v) is 5.43. The van der Waals surface area contributed by atoms with Gasteiger partial charge in [0.1, 0.15) is 11.6 Å². The molecule has 1 heterocycles. The summed E-state index contributed by atoms with van der Waals surface area (Å²) in [5, 5.41) is 2.75. The Labute approximate surface area is 190 Å². The summed E-state index contributed by atoms with van der Waals surface area (Å²) in [6.45, 7) is 0.359. The molecule has 1 amide bonds. The van der Waals surface area contributed by atoms with Crippen LogP contribution >= 0.6 is 11.6 Å². The normalized spacial score (nSPS) is 13.4. The second-order valence-electron chi connectivity index (χ2n) is 7.28. The number of nitrogens with one attached hydrogen (secondary N) is 1. The molecule has 0 atom stereocenters. The quantitative estimate of drug-likeness (QED) is 0.571. The van der Waals surface area contributed by atoms with E-state index in [1.807, 2.05) is 0 Å². The molecule has 1 N–H and O–H groups in total. The van der Waals surface area contributed by atoms with Crippen LogP contribution in [0.1, 0.15) is 22.3 Å². The zero-order valence-electron chi connectivity index (χ0n) is 17.1. The van der Waals surface area contributed by atoms with Crippen molar-refractivity contribution in [3.8, 4) is 5.75 Å². The van der Waals surface area contributed by atoms with E-state index >= 15 is 0 Å². The third kappa shape index (κ3) is 4.28. The van der Waals surface area contributed by atoms with E-state index in [1.54, 1.807) is 30.3 Å². The van der Waals surface area contributed by atoms with E-state index < -0.39 is 21.7 Å². The highest BCUT2D eigenvalue weighted by atomic mass is 35.5. The average molecular weight is 475 g/mol. The SMILES string of the molecule is COc1ccc(S(=O)(=O)N2CCCc3cc(NC(=O)c4ccc(F)cc4Cl)ccc32)cc1. The van der Waals surface area contributed by atoms with E-state index in [0.717, 1.165) is 17.7 Å². The van der Waals surface area contributed by atoms with E-state index in [-0.39, 0.29) is 15.5 Å². The van der Waals surface area contributed by atoms with Gasteiger partial charge in [0.05, 0.1) is 28.3 Å². The van der Waals surface area contributed by atoms with Crippen molar-refractivity contribution in [3.63, 3.8) is 0 Å². The Morgan fingerprint density at radius 2 is 1.84 bits per heavy atom. The fourth-order valence-electron chi connectivity index (χ4n) is 3.64. The number of carbonyl (C=O) groups is 1. The Morgan fingerprint density at radius 1 is 1.09 bits per heavy atom. The molecule has 1 aliphatic heterocycles. The molecule has 32 heavy (non-hydrogen) atoms. The minimum absolute atomic E-state index is 0.0113. The van der Waals surface area contributed by atoms with Crippen molar-refractivity contribution in [1.29, 1.82) is 0 Å². The van der Waals surface area contributed by atoms with E-state index in [1.165, 1.54) is 29.6 Å². The first-order valence-corrected chi connectivity index (χ1v) is 11.7. The van der Waals surface area contributed by atoms with Gasteiger partial charge in [0, 0.05) is 12.2 Å². The monoisotopic (exact) mass is 474 g/mol. The molecule has 0 aromatic heterocycles. The van der Waals surface area contributed by atoms with Crippen molar-refractivity contribution >= 4 is 38.9 Å². The van der Waals surface area contributed by atoms with Crippen molar-refractivity contribution in [1.82, 2.24) is 0 Å². The minimum atomic E-state index is -3.75. The molecule has 6 nitrogen and oxygen atoms in total. The molecule has 1 aliphatic rings. The van der Waals surface area contributed by atoms with Gasteiger partial charge in [-0.05, 0) is 79.1 Å². The number of halogens is 2. The number of nitrogens with zero attached hydrogens (tertiary/aromatic N) is 1. The number of hydrogen-bond acceptors (Lipinski definition) is 4. The van der Waals surface area contributed by atoms with Gasteiger partial charge in [-0.25, -0.2) is 12.8 Å². The van der Waals surface area contributed by atoms with E-state index in [9.17, 15) is 17.6 Å². The minimum Gasteiger partial charge on any atom is -0.497 e. The van der Waals surface area contributed by atoms with Crippen LogP contribution in [-0.4, -0.2) is 28.0 Å². The predicted octanol–water partition coefficient (Wildman–Crippen LogP) is 4.88. The van der Waals surface area contributed by atoms with Crippen LogP contribution in [0.5, 0.6) is 5.75 Å². The number of amides is 1. The average Bonchev–Trinajstić information content (AvgIpc) is 2.78. The van der Waals surface area contributed by atoms with Gasteiger partial charge >= 0.3 is 0 Å². The number of hydrogen-bond donors (Lipinski definition) is 1. The number of benzene rings is 3. The molecule has 0 bridgehead atoms. The first-order valence-electron chi connectivity index (χ1n) is 9.86. The van der Waals surface area contributed by atoms with Crippen LogP contribution in [0.25, 0.3) is 0 Å². The van der Waals surface area contributed by atoms with Crippen LogP contribution in [0, 0.1) is 5.82 Å². The number of rotatable bonds is 5. The molecule has 9 heteroatoms. The standard InChI is InChI=1S/C23H20ClFN2O4S/c1-31-18-6-8-19(9-7-18)32(29,30)27-12-2-3-15-13-17(5-11-22(15)27)26-23(28)20-10-4-16(25)14-21(20)24/h4-11,13-14H,2-3,12H2,1H3,(H,26,28). The fraction of sp³-hybridized carbons (Fsp3) is 0.174. The van der Waals surface area contributed by atoms with Gasteiger partial charge in [-0.3, -0.25) is 9.10 Å². The highest BCUT2D eigenvalue weighted by Crippen LogP contribution is 2.34. The highest BCUT2D eigenvalue weighted by molar-refractivity contribution is 7.92. The van der Waals surface area contributed by atoms with Crippen LogP contribution in [0.4, 0.5) is 15.8 Å². The molecule has 3 aromatic rings. The zero-order valence-corrected chi connectivity index (χ0v) is 18.7. The Kier molecular flexibility index (Phi) is 6.08. The lowest BCUT2D eigenvalue weighted by Gasteiger charge is -2.31. The summed E-state index contributed by atoms with van der Waals surface area (Å²) in [7, 11) is -2.23. The van der Waals surface area contributed by atoms with Crippen molar-refractivity contribution in [2.45, 2.75) is 17.7 Å². The summed E-state index contributed by atoms with van der Waals surface area (Å²) >= 11 is 5.97. The predicted molar refractivity (Wildman–Crippen MR) is 122 cm³/mol. The summed E-state index contributed by atoms with van der Waals surface area (Å²) in [4.78, 5) is 12.7. The third-order valence-corrected chi connectivity index (χ3v) is 7.38. The van der Waals surface area contributed by atoms with Crippen LogP contribution < -0.4 is 14.4 Å². The van der Waals surface area contributed by atoms with Crippen molar-refractivity contribution in [2.24, 2.45) is 0 Å². The maximum atomic E-state index is 13.2. The Balaban J connectivity index is 1.60. The van der Waals surface area contributed by atoms with Gasteiger partial charge in [-0.15, -0.1) is 0 Å². The van der Waals surface area contributed by atoms with Gasteiger partial charge < -0.3 is 10.1 Å². The van der Waals surface area contributed by atoms with Crippen LogP contribution in [-0.2, 0) is 16.4 Å². The topological polar surface area (TPSA) is 75.7 Å². The molecular formula is C23H20ClFN2O4S. The van der Waals surface area contributed by atoms with Crippen LogP contribution in [0.2, 0.25) is 5.02 Å². The number of fused-ring (bicyclic) bond motifs is 1. The molecule has 166 valence electrons. The maximum absolute atomic E-state index is 13.2. The molecule has 0 spiro atoms. The third-order valence-electron chi connectivity index (χ3n) is 5.24. The number of carbonyl (C=O) groups excluding carboxylic acids is 1. The lowest BCUT2D eigenvalue weighted by atomic mass is 10.0. The second kappa shape index (κ2) is 8.80.